The van der Waals surface area contributed by atoms with Crippen molar-refractivity contribution in [2.75, 3.05) is 6.61 Å². The molecule has 0 aromatic rings. The van der Waals surface area contributed by atoms with E-state index in [1.54, 1.807) is 0 Å². The van der Waals surface area contributed by atoms with Gasteiger partial charge in [0.2, 0.25) is 0 Å². The van der Waals surface area contributed by atoms with Gasteiger partial charge in [-0.05, 0) is 0 Å². The lowest BCUT2D eigenvalue weighted by Gasteiger charge is -2.38. The molecule has 1 fully saturated rings. The van der Waals surface area contributed by atoms with Crippen molar-refractivity contribution in [3.63, 3.8) is 0 Å². The van der Waals surface area contributed by atoms with E-state index < -0.39 is 42.5 Å². The first-order valence-electron chi connectivity index (χ1n) is 5.62. The summed E-state index contributed by atoms with van der Waals surface area (Å²) in [5.41, 5.74) is 0. The van der Waals surface area contributed by atoms with E-state index in [9.17, 15) is 19.5 Å². The van der Waals surface area contributed by atoms with Crippen LogP contribution in [0.4, 0.5) is 0 Å². The van der Waals surface area contributed by atoms with Crippen molar-refractivity contribution >= 4 is 17.9 Å². The molecule has 1 N–H and O–H groups in total. The van der Waals surface area contributed by atoms with E-state index >= 15 is 0 Å². The number of ether oxygens (including phenoxy) is 4. The van der Waals surface area contributed by atoms with Crippen molar-refractivity contribution in [1.29, 1.82) is 0 Å². The van der Waals surface area contributed by atoms with Crippen molar-refractivity contribution in [1.82, 2.24) is 0 Å². The fourth-order valence-electron chi connectivity index (χ4n) is 1.72. The van der Waals surface area contributed by atoms with Crippen LogP contribution in [0.1, 0.15) is 20.8 Å². The van der Waals surface area contributed by atoms with Gasteiger partial charge in [0, 0.05) is 20.8 Å². The monoisotopic (exact) mass is 276 g/mol. The number of carbonyl (C=O) groups is 3. The van der Waals surface area contributed by atoms with Crippen molar-refractivity contribution in [2.24, 2.45) is 0 Å². The van der Waals surface area contributed by atoms with Gasteiger partial charge < -0.3 is 24.1 Å². The Balaban J connectivity index is 2.89. The lowest BCUT2D eigenvalue weighted by molar-refractivity contribution is -0.267. The second-order valence-electron chi connectivity index (χ2n) is 4.02. The summed E-state index contributed by atoms with van der Waals surface area (Å²) in [6.45, 7) is 3.29. The van der Waals surface area contributed by atoms with Crippen molar-refractivity contribution in [3.05, 3.63) is 0 Å². The third-order valence-corrected chi connectivity index (χ3v) is 2.32. The molecule has 0 aromatic heterocycles. The van der Waals surface area contributed by atoms with Gasteiger partial charge in [-0.1, -0.05) is 0 Å². The fourth-order valence-corrected chi connectivity index (χ4v) is 1.72. The van der Waals surface area contributed by atoms with E-state index in [4.69, 9.17) is 18.9 Å². The fraction of sp³-hybridized carbons (Fsp3) is 0.727. The standard InChI is InChI=1S/C11H16O8/c1-5(12)17-8-4-16-11(15)10(19-7(3)14)9(8)18-6(2)13/h8-11,15H,4H2,1-3H3/t8-,9+,10-,11?/m1/s1. The molecule has 8 nitrogen and oxygen atoms in total. The van der Waals surface area contributed by atoms with E-state index in [2.05, 4.69) is 0 Å². The molecule has 19 heavy (non-hydrogen) atoms. The minimum Gasteiger partial charge on any atom is -0.456 e. The zero-order chi connectivity index (χ0) is 14.6. The van der Waals surface area contributed by atoms with Gasteiger partial charge in [0.15, 0.2) is 24.6 Å². The van der Waals surface area contributed by atoms with Crippen LogP contribution in [0.3, 0.4) is 0 Å². The molecule has 1 rings (SSSR count). The molecule has 0 amide bonds. The molecule has 4 atom stereocenters. The molecule has 0 bridgehead atoms. The van der Waals surface area contributed by atoms with Gasteiger partial charge in [-0.25, -0.2) is 0 Å². The molecule has 108 valence electrons. The van der Waals surface area contributed by atoms with Gasteiger partial charge in [0.05, 0.1) is 6.61 Å². The Kier molecular flexibility index (Phi) is 5.25. The molecule has 1 saturated heterocycles. The highest BCUT2D eigenvalue weighted by molar-refractivity contribution is 5.68. The van der Waals surface area contributed by atoms with E-state index in [0.29, 0.717) is 0 Å². The van der Waals surface area contributed by atoms with Crippen LogP contribution in [0.15, 0.2) is 0 Å². The van der Waals surface area contributed by atoms with Crippen LogP contribution >= 0.6 is 0 Å². The van der Waals surface area contributed by atoms with E-state index in [1.807, 2.05) is 0 Å². The average molecular weight is 276 g/mol. The number of aliphatic hydroxyl groups excluding tert-OH is 1. The Labute approximate surface area is 109 Å². The van der Waals surface area contributed by atoms with Crippen LogP contribution in [0.2, 0.25) is 0 Å². The normalized spacial score (nSPS) is 30.3. The zero-order valence-corrected chi connectivity index (χ0v) is 10.8. The molecule has 1 aliphatic rings. The lowest BCUT2D eigenvalue weighted by Crippen LogP contribution is -2.57. The zero-order valence-electron chi connectivity index (χ0n) is 10.8. The SMILES string of the molecule is CC(=O)O[C@H]1[C@H](OC(C)=O)COC(O)[C@@H]1OC(C)=O. The third-order valence-electron chi connectivity index (χ3n) is 2.32. The van der Waals surface area contributed by atoms with Crippen LogP contribution in [0.5, 0.6) is 0 Å². The Bertz CT molecular complexity index is 366. The Morgan fingerprint density at radius 1 is 0.947 bits per heavy atom. The summed E-state index contributed by atoms with van der Waals surface area (Å²) in [7, 11) is 0. The molecule has 1 aliphatic heterocycles. The number of rotatable bonds is 3. The molecule has 0 aromatic carbocycles. The number of aliphatic hydroxyl groups is 1. The van der Waals surface area contributed by atoms with Crippen LogP contribution < -0.4 is 0 Å². The highest BCUT2D eigenvalue weighted by Gasteiger charge is 2.46. The summed E-state index contributed by atoms with van der Waals surface area (Å²) in [5, 5.41) is 9.62. The molecule has 8 heteroatoms. The predicted molar refractivity (Wildman–Crippen MR) is 58.6 cm³/mol. The summed E-state index contributed by atoms with van der Waals surface area (Å²) in [4.78, 5) is 33.0. The maximum absolute atomic E-state index is 11.1. The second-order valence-corrected chi connectivity index (χ2v) is 4.02. The van der Waals surface area contributed by atoms with Crippen LogP contribution in [-0.4, -0.2) is 54.2 Å². The number of esters is 3. The van der Waals surface area contributed by atoms with Gasteiger partial charge in [-0.3, -0.25) is 14.4 Å². The molecular formula is C11H16O8. The summed E-state index contributed by atoms with van der Waals surface area (Å²) >= 11 is 0. The first kappa shape index (κ1) is 15.4. The second kappa shape index (κ2) is 6.48. The number of carbonyl (C=O) groups excluding carboxylic acids is 3. The van der Waals surface area contributed by atoms with E-state index in [-0.39, 0.29) is 6.61 Å². The average Bonchev–Trinajstić information content (AvgIpc) is 2.25. The van der Waals surface area contributed by atoms with Gasteiger partial charge in [0.1, 0.15) is 0 Å². The van der Waals surface area contributed by atoms with E-state index in [0.717, 1.165) is 13.8 Å². The Morgan fingerprint density at radius 2 is 1.42 bits per heavy atom. The van der Waals surface area contributed by atoms with Crippen molar-refractivity contribution in [3.8, 4) is 0 Å². The molecule has 0 aliphatic carbocycles. The van der Waals surface area contributed by atoms with E-state index in [1.165, 1.54) is 6.92 Å². The quantitative estimate of drug-likeness (QED) is 0.523. The minimum absolute atomic E-state index is 0.170. The highest BCUT2D eigenvalue weighted by atomic mass is 16.7. The van der Waals surface area contributed by atoms with Crippen LogP contribution in [0.25, 0.3) is 0 Å². The third kappa shape index (κ3) is 4.49. The maximum atomic E-state index is 11.1. The first-order chi connectivity index (χ1) is 8.81. The van der Waals surface area contributed by atoms with Gasteiger partial charge in [-0.2, -0.15) is 0 Å². The molecule has 1 heterocycles. The highest BCUT2D eigenvalue weighted by Crippen LogP contribution is 2.23. The molecule has 0 spiro atoms. The smallest absolute Gasteiger partial charge is 0.303 e. The number of hydrogen-bond acceptors (Lipinski definition) is 8. The molecular weight excluding hydrogens is 260 g/mol. The predicted octanol–water partition coefficient (Wildman–Crippen LogP) is -0.870. The largest absolute Gasteiger partial charge is 0.456 e. The Morgan fingerprint density at radius 3 is 1.89 bits per heavy atom. The summed E-state index contributed by atoms with van der Waals surface area (Å²) in [5.74, 6) is -1.95. The molecule has 0 saturated carbocycles. The number of hydrogen-bond donors (Lipinski definition) is 1. The summed E-state index contributed by atoms with van der Waals surface area (Å²) < 4.78 is 19.6. The van der Waals surface area contributed by atoms with Gasteiger partial charge >= 0.3 is 17.9 Å². The topological polar surface area (TPSA) is 108 Å². The summed E-state index contributed by atoms with van der Waals surface area (Å²) in [6, 6.07) is 0. The molecule has 0 radical (unpaired) electrons. The lowest BCUT2D eigenvalue weighted by atomic mass is 10.0. The minimum atomic E-state index is -1.46. The van der Waals surface area contributed by atoms with Gasteiger partial charge in [-0.15, -0.1) is 0 Å². The first-order valence-corrected chi connectivity index (χ1v) is 5.62. The molecule has 1 unspecified atom stereocenters. The van der Waals surface area contributed by atoms with Crippen LogP contribution in [-0.2, 0) is 33.3 Å². The Hall–Kier alpha value is -1.67. The summed E-state index contributed by atoms with van der Waals surface area (Å²) in [6.07, 6.45) is -4.78. The van der Waals surface area contributed by atoms with Crippen molar-refractivity contribution < 1.29 is 38.4 Å². The maximum Gasteiger partial charge on any atom is 0.303 e. The van der Waals surface area contributed by atoms with Crippen molar-refractivity contribution in [2.45, 2.75) is 45.4 Å². The van der Waals surface area contributed by atoms with Gasteiger partial charge in [0.25, 0.3) is 0 Å². The van der Waals surface area contributed by atoms with Crippen LogP contribution in [0, 0.1) is 0 Å².